The van der Waals surface area contributed by atoms with Gasteiger partial charge in [0.15, 0.2) is 0 Å². The van der Waals surface area contributed by atoms with E-state index in [0.717, 1.165) is 23.1 Å². The molecule has 0 spiro atoms. The number of hydrogen-bond donors (Lipinski definition) is 1. The lowest BCUT2D eigenvalue weighted by atomic mass is 10.1. The minimum absolute atomic E-state index is 0.0355. The van der Waals surface area contributed by atoms with Gasteiger partial charge in [-0.3, -0.25) is 14.9 Å². The molecule has 32 heavy (non-hydrogen) atoms. The Balaban J connectivity index is 1.96. The number of rotatable bonds is 5. The first-order chi connectivity index (χ1) is 15.1. The Hall–Kier alpha value is -3.31. The van der Waals surface area contributed by atoms with Gasteiger partial charge < -0.3 is 9.88 Å². The number of halogens is 3. The van der Waals surface area contributed by atoms with E-state index in [9.17, 15) is 20.2 Å². The highest BCUT2D eigenvalue weighted by Gasteiger charge is 2.17. The summed E-state index contributed by atoms with van der Waals surface area (Å²) in [6.07, 6.45) is 1.44. The number of carbonyl (C=O) groups excluding carboxylic acids is 1. The monoisotopic (exact) mass is 488 g/mol. The van der Waals surface area contributed by atoms with E-state index in [4.69, 9.17) is 34.8 Å². The molecule has 0 saturated heterocycles. The number of aromatic nitrogens is 1. The lowest BCUT2D eigenvalue weighted by Crippen LogP contribution is -2.14. The van der Waals surface area contributed by atoms with Crippen LogP contribution in [0.1, 0.15) is 17.0 Å². The molecule has 1 N–H and O–H groups in total. The summed E-state index contributed by atoms with van der Waals surface area (Å²) in [7, 11) is 0. The predicted octanol–water partition coefficient (Wildman–Crippen LogP) is 6.51. The fourth-order valence-corrected chi connectivity index (χ4v) is 3.63. The smallest absolute Gasteiger partial charge is 0.271 e. The van der Waals surface area contributed by atoms with Crippen molar-refractivity contribution >= 4 is 58.2 Å². The first-order valence-corrected chi connectivity index (χ1v) is 10.3. The predicted molar refractivity (Wildman–Crippen MR) is 126 cm³/mol. The molecule has 0 radical (unpaired) electrons. The lowest BCUT2D eigenvalue weighted by molar-refractivity contribution is -0.384. The zero-order valence-corrected chi connectivity index (χ0v) is 19.1. The van der Waals surface area contributed by atoms with Gasteiger partial charge in [0, 0.05) is 29.2 Å². The highest BCUT2D eigenvalue weighted by atomic mass is 35.5. The van der Waals surface area contributed by atoms with Gasteiger partial charge in [-0.1, -0.05) is 34.8 Å². The Morgan fingerprint density at radius 1 is 1.09 bits per heavy atom. The van der Waals surface area contributed by atoms with Crippen molar-refractivity contribution in [3.8, 4) is 11.8 Å². The number of benzene rings is 2. The minimum atomic E-state index is -0.741. The van der Waals surface area contributed by atoms with E-state index in [1.165, 1.54) is 18.2 Å². The molecule has 10 heteroatoms. The van der Waals surface area contributed by atoms with Crippen LogP contribution in [0.25, 0.3) is 11.8 Å². The summed E-state index contributed by atoms with van der Waals surface area (Å²) in [5.41, 5.74) is 2.65. The number of amides is 1. The van der Waals surface area contributed by atoms with Crippen LogP contribution in [0.3, 0.4) is 0 Å². The van der Waals surface area contributed by atoms with Crippen molar-refractivity contribution in [2.45, 2.75) is 13.8 Å². The third-order valence-corrected chi connectivity index (χ3v) is 5.77. The van der Waals surface area contributed by atoms with Crippen LogP contribution < -0.4 is 5.32 Å². The second kappa shape index (κ2) is 9.45. The normalized spacial score (nSPS) is 11.2. The summed E-state index contributed by atoms with van der Waals surface area (Å²) in [5.74, 6) is -0.741. The van der Waals surface area contributed by atoms with Crippen molar-refractivity contribution < 1.29 is 9.72 Å². The molecule has 3 rings (SSSR count). The van der Waals surface area contributed by atoms with Gasteiger partial charge in [0.2, 0.25) is 0 Å². The molecule has 0 aliphatic rings. The molecule has 0 fully saturated rings. The van der Waals surface area contributed by atoms with Crippen molar-refractivity contribution in [3.63, 3.8) is 0 Å². The van der Waals surface area contributed by atoms with Crippen LogP contribution in [0.4, 0.5) is 11.4 Å². The van der Waals surface area contributed by atoms with Crippen LogP contribution in [0, 0.1) is 35.3 Å². The number of nitriles is 1. The maximum atomic E-state index is 12.7. The number of hydrogen-bond acceptors (Lipinski definition) is 4. The third-order valence-electron chi connectivity index (χ3n) is 4.71. The second-order valence-electron chi connectivity index (χ2n) is 6.81. The number of nitro benzene ring substituents is 1. The number of nitrogens with zero attached hydrogens (tertiary/aromatic N) is 3. The number of aryl methyl sites for hydroxylation is 1. The van der Waals surface area contributed by atoms with Crippen LogP contribution in [0.15, 0.2) is 48.0 Å². The van der Waals surface area contributed by atoms with E-state index in [2.05, 4.69) is 5.32 Å². The molecule has 0 unspecified atom stereocenters. The number of nitrogens with one attached hydrogen (secondary N) is 1. The number of nitro groups is 1. The third kappa shape index (κ3) is 4.78. The van der Waals surface area contributed by atoms with Gasteiger partial charge in [-0.25, -0.2) is 0 Å². The number of carbonyl (C=O) groups is 1. The molecule has 0 saturated carbocycles. The molecule has 1 amide bonds. The molecule has 2 aromatic carbocycles. The van der Waals surface area contributed by atoms with Crippen molar-refractivity contribution in [1.29, 1.82) is 5.26 Å². The SMILES string of the molecule is Cc1cc(/C=C(\C#N)C(=O)Nc2cc([N+](=O)[O-])ccc2Cl)c(C)n1-c1ccc(Cl)c(Cl)c1. The largest absolute Gasteiger partial charge is 0.320 e. The van der Waals surface area contributed by atoms with E-state index >= 15 is 0 Å². The molecule has 162 valence electrons. The maximum absolute atomic E-state index is 12.7. The lowest BCUT2D eigenvalue weighted by Gasteiger charge is -2.11. The van der Waals surface area contributed by atoms with Crippen LogP contribution >= 0.6 is 34.8 Å². The molecule has 7 nitrogen and oxygen atoms in total. The summed E-state index contributed by atoms with van der Waals surface area (Å²) >= 11 is 18.2. The zero-order valence-electron chi connectivity index (χ0n) is 16.8. The average Bonchev–Trinajstić information content (AvgIpc) is 3.02. The summed E-state index contributed by atoms with van der Waals surface area (Å²) in [6, 6.07) is 12.6. The quantitative estimate of drug-likeness (QED) is 0.191. The van der Waals surface area contributed by atoms with Crippen molar-refractivity contribution in [3.05, 3.63) is 90.2 Å². The van der Waals surface area contributed by atoms with E-state index in [1.807, 2.05) is 36.6 Å². The van der Waals surface area contributed by atoms with Crippen molar-refractivity contribution in [1.82, 2.24) is 4.57 Å². The summed E-state index contributed by atoms with van der Waals surface area (Å²) in [4.78, 5) is 23.0. The average molecular weight is 490 g/mol. The molecule has 1 heterocycles. The zero-order chi connectivity index (χ0) is 23.6. The van der Waals surface area contributed by atoms with E-state index < -0.39 is 10.8 Å². The summed E-state index contributed by atoms with van der Waals surface area (Å²) < 4.78 is 1.92. The second-order valence-corrected chi connectivity index (χ2v) is 8.03. The maximum Gasteiger partial charge on any atom is 0.271 e. The van der Waals surface area contributed by atoms with E-state index in [1.54, 1.807) is 12.1 Å². The number of non-ortho nitro benzene ring substituents is 1. The fraction of sp³-hybridized carbons (Fsp3) is 0.0909. The number of anilines is 1. The van der Waals surface area contributed by atoms with Gasteiger partial charge in [-0.15, -0.1) is 0 Å². The Labute approximate surface area is 198 Å². The van der Waals surface area contributed by atoms with Crippen molar-refractivity contribution in [2.75, 3.05) is 5.32 Å². The Kier molecular flexibility index (Phi) is 6.90. The minimum Gasteiger partial charge on any atom is -0.320 e. The first kappa shape index (κ1) is 23.4. The van der Waals surface area contributed by atoms with Crippen LogP contribution in [0.5, 0.6) is 0 Å². The first-order valence-electron chi connectivity index (χ1n) is 9.14. The van der Waals surface area contributed by atoms with Gasteiger partial charge >= 0.3 is 0 Å². The molecule has 0 bridgehead atoms. The fourth-order valence-electron chi connectivity index (χ4n) is 3.17. The topological polar surface area (TPSA) is 101 Å². The Bertz CT molecular complexity index is 1320. The Morgan fingerprint density at radius 2 is 1.78 bits per heavy atom. The molecule has 0 atom stereocenters. The highest BCUT2D eigenvalue weighted by Crippen LogP contribution is 2.29. The summed E-state index contributed by atoms with van der Waals surface area (Å²) in [5, 5.41) is 23.9. The Morgan fingerprint density at radius 3 is 2.41 bits per heavy atom. The van der Waals surface area contributed by atoms with Crippen molar-refractivity contribution in [2.24, 2.45) is 0 Å². The van der Waals surface area contributed by atoms with Gasteiger partial charge in [-0.2, -0.15) is 5.26 Å². The molecule has 0 aliphatic heterocycles. The van der Waals surface area contributed by atoms with Crippen LogP contribution in [0.2, 0.25) is 15.1 Å². The van der Waals surface area contributed by atoms with Gasteiger partial charge in [-0.05, 0) is 55.8 Å². The van der Waals surface area contributed by atoms with Crippen LogP contribution in [-0.2, 0) is 4.79 Å². The highest BCUT2D eigenvalue weighted by molar-refractivity contribution is 6.42. The van der Waals surface area contributed by atoms with Gasteiger partial charge in [0.25, 0.3) is 11.6 Å². The molecular weight excluding hydrogens is 475 g/mol. The molecule has 1 aromatic heterocycles. The molecular formula is C22H15Cl3N4O3. The van der Waals surface area contributed by atoms with Gasteiger partial charge in [0.05, 0.1) is 25.7 Å². The van der Waals surface area contributed by atoms with E-state index in [-0.39, 0.29) is 22.0 Å². The van der Waals surface area contributed by atoms with Gasteiger partial charge in [0.1, 0.15) is 11.6 Å². The van der Waals surface area contributed by atoms with Crippen LogP contribution in [-0.4, -0.2) is 15.4 Å². The standard InChI is InChI=1S/C22H15Cl3N4O3/c1-12-7-14(13(2)28(12)16-3-5-18(23)20(25)9-16)8-15(11-26)22(30)27-21-10-17(29(31)32)4-6-19(21)24/h3-10H,1-2H3,(H,27,30)/b15-8+. The summed E-state index contributed by atoms with van der Waals surface area (Å²) in [6.45, 7) is 3.72. The molecule has 3 aromatic rings. The van der Waals surface area contributed by atoms with E-state index in [0.29, 0.717) is 15.6 Å². The molecule has 0 aliphatic carbocycles.